The maximum absolute atomic E-state index is 10.9. The second kappa shape index (κ2) is 4.74. The molecule has 1 heterocycles. The van der Waals surface area contributed by atoms with Crippen LogP contribution in [0.4, 0.5) is 11.4 Å². The summed E-state index contributed by atoms with van der Waals surface area (Å²) < 4.78 is 0. The highest BCUT2D eigenvalue weighted by Gasteiger charge is 2.17. The number of carbonyl (C=O) groups is 1. The molecule has 1 aromatic rings. The average molecular weight is 231 g/mol. The molecule has 5 heteroatoms. The first-order valence-corrected chi connectivity index (χ1v) is 5.45. The molecule has 5 nitrogen and oxygen atoms in total. The van der Waals surface area contributed by atoms with E-state index in [4.69, 9.17) is 10.4 Å². The summed E-state index contributed by atoms with van der Waals surface area (Å²) in [5, 5.41) is 20.8. The summed E-state index contributed by atoms with van der Waals surface area (Å²) >= 11 is 0. The number of hydrogen-bond donors (Lipinski definition) is 2. The van der Waals surface area contributed by atoms with Crippen molar-refractivity contribution in [3.8, 4) is 6.07 Å². The van der Waals surface area contributed by atoms with Gasteiger partial charge in [0.25, 0.3) is 0 Å². The van der Waals surface area contributed by atoms with E-state index in [1.54, 1.807) is 18.2 Å². The summed E-state index contributed by atoms with van der Waals surface area (Å²) in [6.45, 7) is 2.23. The number of aromatic carboxylic acids is 1. The Morgan fingerprint density at radius 1 is 1.59 bits per heavy atom. The highest BCUT2D eigenvalue weighted by Crippen LogP contribution is 2.30. The molecule has 1 aliphatic rings. The van der Waals surface area contributed by atoms with Gasteiger partial charge in [-0.25, -0.2) is 4.79 Å². The van der Waals surface area contributed by atoms with Crippen LogP contribution in [0.25, 0.3) is 0 Å². The number of nitrogens with zero attached hydrogens (tertiary/aromatic N) is 2. The van der Waals surface area contributed by atoms with Crippen molar-refractivity contribution in [3.05, 3.63) is 23.8 Å². The number of fused-ring (bicyclic) bond motifs is 1. The van der Waals surface area contributed by atoms with Crippen molar-refractivity contribution in [2.45, 2.75) is 6.42 Å². The Morgan fingerprint density at radius 3 is 3.12 bits per heavy atom. The Labute approximate surface area is 99.3 Å². The quantitative estimate of drug-likeness (QED) is 0.825. The van der Waals surface area contributed by atoms with E-state index in [9.17, 15) is 4.79 Å². The van der Waals surface area contributed by atoms with E-state index in [2.05, 4.69) is 11.4 Å². The van der Waals surface area contributed by atoms with Gasteiger partial charge in [0.05, 0.1) is 29.4 Å². The Balaban J connectivity index is 2.31. The lowest BCUT2D eigenvalue weighted by Crippen LogP contribution is -2.34. The predicted octanol–water partition coefficient (Wildman–Crippen LogP) is 1.53. The van der Waals surface area contributed by atoms with Crippen LogP contribution in [0.2, 0.25) is 0 Å². The van der Waals surface area contributed by atoms with Gasteiger partial charge in [-0.05, 0) is 18.2 Å². The third-order valence-electron chi connectivity index (χ3n) is 2.78. The fraction of sp³-hybridized carbons (Fsp3) is 0.333. The van der Waals surface area contributed by atoms with Crippen LogP contribution < -0.4 is 10.2 Å². The third-order valence-corrected chi connectivity index (χ3v) is 2.78. The van der Waals surface area contributed by atoms with Gasteiger partial charge in [-0.3, -0.25) is 0 Å². The SMILES string of the molecule is N#CCCN1CCNc2ccc(C(=O)O)cc21. The van der Waals surface area contributed by atoms with Crippen molar-refractivity contribution in [1.29, 1.82) is 5.26 Å². The minimum absolute atomic E-state index is 0.273. The van der Waals surface area contributed by atoms with E-state index in [-0.39, 0.29) is 5.56 Å². The number of carboxylic acids is 1. The minimum Gasteiger partial charge on any atom is -0.478 e. The number of nitrogens with one attached hydrogen (secondary N) is 1. The summed E-state index contributed by atoms with van der Waals surface area (Å²) in [5.41, 5.74) is 2.07. The van der Waals surface area contributed by atoms with E-state index in [0.29, 0.717) is 13.0 Å². The van der Waals surface area contributed by atoms with Gasteiger partial charge < -0.3 is 15.3 Å². The molecular formula is C12H13N3O2. The van der Waals surface area contributed by atoms with Crippen molar-refractivity contribution in [2.24, 2.45) is 0 Å². The molecule has 0 aromatic heterocycles. The number of carboxylic acid groups (broad SMARTS) is 1. The number of anilines is 2. The standard InChI is InChI=1S/C12H13N3O2/c13-4-1-6-15-7-5-14-10-3-2-9(12(16)17)8-11(10)15/h2-3,8,14H,1,5-7H2,(H,16,17). The largest absolute Gasteiger partial charge is 0.478 e. The molecule has 0 saturated heterocycles. The molecule has 0 saturated carbocycles. The van der Waals surface area contributed by atoms with Crippen molar-refractivity contribution in [2.75, 3.05) is 29.9 Å². The fourth-order valence-electron chi connectivity index (χ4n) is 1.94. The summed E-state index contributed by atoms with van der Waals surface area (Å²) in [6.07, 6.45) is 0.441. The number of nitriles is 1. The fourth-order valence-corrected chi connectivity index (χ4v) is 1.94. The topological polar surface area (TPSA) is 76.4 Å². The molecule has 88 valence electrons. The Morgan fingerprint density at radius 2 is 2.41 bits per heavy atom. The zero-order valence-corrected chi connectivity index (χ0v) is 9.31. The van der Waals surface area contributed by atoms with Gasteiger partial charge in [-0.1, -0.05) is 0 Å². The average Bonchev–Trinajstić information content (AvgIpc) is 2.35. The van der Waals surface area contributed by atoms with Crippen LogP contribution in [0, 0.1) is 11.3 Å². The van der Waals surface area contributed by atoms with Gasteiger partial charge in [0, 0.05) is 19.6 Å². The molecule has 1 aromatic carbocycles. The lowest BCUT2D eigenvalue weighted by Gasteiger charge is -2.31. The molecule has 0 unspecified atom stereocenters. The van der Waals surface area contributed by atoms with Crippen molar-refractivity contribution >= 4 is 17.3 Å². The molecule has 2 rings (SSSR count). The van der Waals surface area contributed by atoms with Gasteiger partial charge >= 0.3 is 5.97 Å². The third kappa shape index (κ3) is 2.31. The molecule has 17 heavy (non-hydrogen) atoms. The maximum atomic E-state index is 10.9. The highest BCUT2D eigenvalue weighted by atomic mass is 16.4. The van der Waals surface area contributed by atoms with E-state index in [0.717, 1.165) is 24.5 Å². The van der Waals surface area contributed by atoms with E-state index >= 15 is 0 Å². The second-order valence-electron chi connectivity index (χ2n) is 3.86. The number of rotatable bonds is 3. The molecule has 0 aliphatic carbocycles. The van der Waals surface area contributed by atoms with Crippen LogP contribution >= 0.6 is 0 Å². The second-order valence-corrected chi connectivity index (χ2v) is 3.86. The molecule has 0 fully saturated rings. The zero-order valence-electron chi connectivity index (χ0n) is 9.31. The van der Waals surface area contributed by atoms with E-state index in [1.807, 2.05) is 4.90 Å². The Bertz CT molecular complexity index is 479. The first-order valence-electron chi connectivity index (χ1n) is 5.45. The van der Waals surface area contributed by atoms with E-state index in [1.165, 1.54) is 0 Å². The summed E-state index contributed by atoms with van der Waals surface area (Å²) in [6, 6.07) is 7.12. The summed E-state index contributed by atoms with van der Waals surface area (Å²) in [5.74, 6) is -0.932. The molecule has 0 amide bonds. The maximum Gasteiger partial charge on any atom is 0.335 e. The van der Waals surface area contributed by atoms with E-state index < -0.39 is 5.97 Å². The minimum atomic E-state index is -0.932. The summed E-state index contributed by atoms with van der Waals surface area (Å²) in [7, 11) is 0. The zero-order chi connectivity index (χ0) is 12.3. The molecule has 0 spiro atoms. The van der Waals surface area contributed by atoms with Crippen LogP contribution in [-0.2, 0) is 0 Å². The van der Waals surface area contributed by atoms with Crippen LogP contribution in [0.1, 0.15) is 16.8 Å². The molecule has 0 bridgehead atoms. The van der Waals surface area contributed by atoms with Crippen LogP contribution in [0.3, 0.4) is 0 Å². The number of hydrogen-bond acceptors (Lipinski definition) is 4. The van der Waals surface area contributed by atoms with Gasteiger partial charge in [-0.2, -0.15) is 5.26 Å². The molecule has 2 N–H and O–H groups in total. The Kier molecular flexibility index (Phi) is 3.15. The lowest BCUT2D eigenvalue weighted by atomic mass is 10.1. The number of benzene rings is 1. The van der Waals surface area contributed by atoms with Crippen LogP contribution in [0.15, 0.2) is 18.2 Å². The van der Waals surface area contributed by atoms with Crippen molar-refractivity contribution < 1.29 is 9.90 Å². The van der Waals surface area contributed by atoms with Gasteiger partial charge in [-0.15, -0.1) is 0 Å². The van der Waals surface area contributed by atoms with Gasteiger partial charge in [0.15, 0.2) is 0 Å². The van der Waals surface area contributed by atoms with Crippen molar-refractivity contribution in [3.63, 3.8) is 0 Å². The Hall–Kier alpha value is -2.22. The molecular weight excluding hydrogens is 218 g/mol. The normalized spacial score (nSPS) is 13.5. The van der Waals surface area contributed by atoms with Crippen LogP contribution in [0.5, 0.6) is 0 Å². The molecule has 0 radical (unpaired) electrons. The predicted molar refractivity (Wildman–Crippen MR) is 64.3 cm³/mol. The van der Waals surface area contributed by atoms with Crippen LogP contribution in [-0.4, -0.2) is 30.7 Å². The van der Waals surface area contributed by atoms with Gasteiger partial charge in [0.2, 0.25) is 0 Å². The molecule has 0 atom stereocenters. The lowest BCUT2D eigenvalue weighted by molar-refractivity contribution is 0.0697. The highest BCUT2D eigenvalue weighted by molar-refractivity contribution is 5.91. The first kappa shape index (κ1) is 11.3. The molecule has 1 aliphatic heterocycles. The van der Waals surface area contributed by atoms with Crippen molar-refractivity contribution in [1.82, 2.24) is 0 Å². The summed E-state index contributed by atoms with van der Waals surface area (Å²) in [4.78, 5) is 13.0. The van der Waals surface area contributed by atoms with Gasteiger partial charge in [0.1, 0.15) is 0 Å². The monoisotopic (exact) mass is 231 g/mol. The first-order chi connectivity index (χ1) is 8.22. The smallest absolute Gasteiger partial charge is 0.335 e.